The van der Waals surface area contributed by atoms with Gasteiger partial charge < -0.3 is 10.4 Å². The van der Waals surface area contributed by atoms with Crippen molar-refractivity contribution in [1.29, 1.82) is 0 Å². The van der Waals surface area contributed by atoms with Gasteiger partial charge in [-0.05, 0) is 37.2 Å². The van der Waals surface area contributed by atoms with E-state index in [4.69, 9.17) is 0 Å². The molecule has 1 aromatic rings. The molecule has 2 rings (SSSR count). The topological polar surface area (TPSA) is 32.3 Å². The number of para-hydroxylation sites is 1. The third-order valence-electron chi connectivity index (χ3n) is 4.53. The van der Waals surface area contributed by atoms with Crippen LogP contribution in [0.2, 0.25) is 0 Å². The highest BCUT2D eigenvalue weighted by molar-refractivity contribution is 5.31. The van der Waals surface area contributed by atoms with E-state index in [-0.39, 0.29) is 0 Å². The van der Waals surface area contributed by atoms with Gasteiger partial charge in [0.1, 0.15) is 5.75 Å². The molecule has 2 heteroatoms. The van der Waals surface area contributed by atoms with Gasteiger partial charge in [0.05, 0.1) is 0 Å². The zero-order valence-electron chi connectivity index (χ0n) is 12.2. The molecule has 2 N–H and O–H groups in total. The monoisotopic (exact) mass is 261 g/mol. The Bertz CT molecular complexity index is 389. The summed E-state index contributed by atoms with van der Waals surface area (Å²) in [4.78, 5) is 0. The van der Waals surface area contributed by atoms with E-state index in [1.807, 2.05) is 18.2 Å². The number of phenols is 1. The maximum absolute atomic E-state index is 9.77. The van der Waals surface area contributed by atoms with Crippen molar-refractivity contribution in [2.75, 3.05) is 0 Å². The third kappa shape index (κ3) is 4.24. The first kappa shape index (κ1) is 14.4. The standard InChI is InChI=1S/C17H27NO/c1-13(2)14-7-5-8-16(11-10-14)18-12-15-6-3-4-9-17(15)19/h3-4,6,9,13-14,16,18-19H,5,7-8,10-12H2,1-2H3. The van der Waals surface area contributed by atoms with E-state index < -0.39 is 0 Å². The first-order valence-corrected chi connectivity index (χ1v) is 7.67. The fourth-order valence-electron chi connectivity index (χ4n) is 3.12. The lowest BCUT2D eigenvalue weighted by Gasteiger charge is -2.19. The lowest BCUT2D eigenvalue weighted by Crippen LogP contribution is -2.28. The molecule has 0 aromatic heterocycles. The quantitative estimate of drug-likeness (QED) is 0.800. The summed E-state index contributed by atoms with van der Waals surface area (Å²) in [6.45, 7) is 5.48. The largest absolute Gasteiger partial charge is 0.508 e. The highest BCUT2D eigenvalue weighted by Crippen LogP contribution is 2.29. The van der Waals surface area contributed by atoms with Crippen LogP contribution >= 0.6 is 0 Å². The Morgan fingerprint density at radius 2 is 1.95 bits per heavy atom. The molecule has 0 heterocycles. The fraction of sp³-hybridized carbons (Fsp3) is 0.647. The lowest BCUT2D eigenvalue weighted by atomic mass is 9.89. The van der Waals surface area contributed by atoms with Crippen molar-refractivity contribution in [3.05, 3.63) is 29.8 Å². The number of nitrogens with one attached hydrogen (secondary N) is 1. The highest BCUT2D eigenvalue weighted by Gasteiger charge is 2.20. The molecule has 1 saturated carbocycles. The molecule has 0 saturated heterocycles. The Morgan fingerprint density at radius 3 is 2.68 bits per heavy atom. The van der Waals surface area contributed by atoms with Crippen molar-refractivity contribution in [2.45, 2.75) is 58.5 Å². The molecule has 0 spiro atoms. The molecular weight excluding hydrogens is 234 g/mol. The summed E-state index contributed by atoms with van der Waals surface area (Å²) < 4.78 is 0. The second-order valence-corrected chi connectivity index (χ2v) is 6.22. The van der Waals surface area contributed by atoms with E-state index in [2.05, 4.69) is 19.2 Å². The number of aromatic hydroxyl groups is 1. The van der Waals surface area contributed by atoms with Crippen LogP contribution in [0, 0.1) is 11.8 Å². The van der Waals surface area contributed by atoms with Crippen molar-refractivity contribution in [3.8, 4) is 5.75 Å². The van der Waals surface area contributed by atoms with Gasteiger partial charge in [-0.2, -0.15) is 0 Å². The van der Waals surface area contributed by atoms with E-state index in [0.717, 1.165) is 23.9 Å². The molecule has 19 heavy (non-hydrogen) atoms. The molecule has 0 aliphatic heterocycles. The van der Waals surface area contributed by atoms with E-state index in [1.54, 1.807) is 6.07 Å². The number of hydrogen-bond donors (Lipinski definition) is 2. The minimum atomic E-state index is 0.406. The summed E-state index contributed by atoms with van der Waals surface area (Å²) in [7, 11) is 0. The van der Waals surface area contributed by atoms with Crippen LogP contribution in [0.25, 0.3) is 0 Å². The van der Waals surface area contributed by atoms with Gasteiger partial charge in [-0.1, -0.05) is 44.9 Å². The van der Waals surface area contributed by atoms with Gasteiger partial charge in [0.25, 0.3) is 0 Å². The average Bonchev–Trinajstić information content (AvgIpc) is 2.63. The van der Waals surface area contributed by atoms with Crippen LogP contribution in [-0.2, 0) is 6.54 Å². The molecule has 2 unspecified atom stereocenters. The summed E-state index contributed by atoms with van der Waals surface area (Å²) in [6.07, 6.45) is 6.61. The van der Waals surface area contributed by atoms with Crippen molar-refractivity contribution in [2.24, 2.45) is 11.8 Å². The Kier molecular flexibility index (Phi) is 5.26. The second-order valence-electron chi connectivity index (χ2n) is 6.22. The Labute approximate surface area is 117 Å². The highest BCUT2D eigenvalue weighted by atomic mass is 16.3. The first-order chi connectivity index (χ1) is 9.16. The van der Waals surface area contributed by atoms with Gasteiger partial charge in [-0.15, -0.1) is 0 Å². The number of benzene rings is 1. The van der Waals surface area contributed by atoms with Crippen LogP contribution < -0.4 is 5.32 Å². The van der Waals surface area contributed by atoms with Crippen LogP contribution in [-0.4, -0.2) is 11.1 Å². The summed E-state index contributed by atoms with van der Waals surface area (Å²) in [6, 6.07) is 8.23. The first-order valence-electron chi connectivity index (χ1n) is 7.67. The molecule has 0 amide bonds. The van der Waals surface area contributed by atoms with E-state index in [0.29, 0.717) is 11.8 Å². The Morgan fingerprint density at radius 1 is 1.16 bits per heavy atom. The smallest absolute Gasteiger partial charge is 0.120 e. The SMILES string of the molecule is CC(C)C1CCCC(NCc2ccccc2O)CC1. The molecule has 2 atom stereocenters. The normalized spacial score (nSPS) is 24.4. The van der Waals surface area contributed by atoms with Crippen LogP contribution in [0.1, 0.15) is 51.5 Å². The summed E-state index contributed by atoms with van der Waals surface area (Å²) in [5, 5.41) is 13.4. The Balaban J connectivity index is 1.82. The van der Waals surface area contributed by atoms with Gasteiger partial charge in [0, 0.05) is 18.2 Å². The average molecular weight is 261 g/mol. The number of hydrogen-bond acceptors (Lipinski definition) is 2. The molecule has 1 aliphatic carbocycles. The molecule has 106 valence electrons. The molecule has 1 aliphatic rings. The van der Waals surface area contributed by atoms with E-state index in [9.17, 15) is 5.11 Å². The van der Waals surface area contributed by atoms with Gasteiger partial charge in [0.2, 0.25) is 0 Å². The van der Waals surface area contributed by atoms with E-state index >= 15 is 0 Å². The number of rotatable bonds is 4. The molecule has 1 fully saturated rings. The molecule has 0 radical (unpaired) electrons. The predicted octanol–water partition coefficient (Wildman–Crippen LogP) is 4.09. The number of phenolic OH excluding ortho intramolecular Hbond substituents is 1. The maximum Gasteiger partial charge on any atom is 0.120 e. The van der Waals surface area contributed by atoms with Crippen molar-refractivity contribution < 1.29 is 5.11 Å². The van der Waals surface area contributed by atoms with Gasteiger partial charge in [-0.25, -0.2) is 0 Å². The summed E-state index contributed by atoms with van der Waals surface area (Å²) in [5.74, 6) is 2.12. The summed E-state index contributed by atoms with van der Waals surface area (Å²) in [5.41, 5.74) is 1.01. The minimum Gasteiger partial charge on any atom is -0.508 e. The van der Waals surface area contributed by atoms with Crippen molar-refractivity contribution >= 4 is 0 Å². The zero-order valence-corrected chi connectivity index (χ0v) is 12.2. The van der Waals surface area contributed by atoms with Crippen molar-refractivity contribution in [3.63, 3.8) is 0 Å². The molecule has 0 bridgehead atoms. The van der Waals surface area contributed by atoms with Gasteiger partial charge in [0.15, 0.2) is 0 Å². The van der Waals surface area contributed by atoms with Crippen LogP contribution in [0.4, 0.5) is 0 Å². The maximum atomic E-state index is 9.77. The van der Waals surface area contributed by atoms with Gasteiger partial charge >= 0.3 is 0 Å². The fourth-order valence-corrected chi connectivity index (χ4v) is 3.12. The predicted molar refractivity (Wildman–Crippen MR) is 80.1 cm³/mol. The molecule has 2 nitrogen and oxygen atoms in total. The lowest BCUT2D eigenvalue weighted by molar-refractivity contribution is 0.337. The second kappa shape index (κ2) is 6.95. The van der Waals surface area contributed by atoms with Crippen LogP contribution in [0.3, 0.4) is 0 Å². The minimum absolute atomic E-state index is 0.406. The summed E-state index contributed by atoms with van der Waals surface area (Å²) >= 11 is 0. The Hall–Kier alpha value is -1.02. The van der Waals surface area contributed by atoms with Crippen LogP contribution in [0.5, 0.6) is 5.75 Å². The third-order valence-corrected chi connectivity index (χ3v) is 4.53. The van der Waals surface area contributed by atoms with Crippen molar-refractivity contribution in [1.82, 2.24) is 5.32 Å². The molecular formula is C17H27NO. The van der Waals surface area contributed by atoms with Gasteiger partial charge in [-0.3, -0.25) is 0 Å². The molecule has 1 aromatic carbocycles. The van der Waals surface area contributed by atoms with E-state index in [1.165, 1.54) is 32.1 Å². The zero-order chi connectivity index (χ0) is 13.7. The van der Waals surface area contributed by atoms with Crippen LogP contribution in [0.15, 0.2) is 24.3 Å².